The normalized spacial score (nSPS) is 32.3. The van der Waals surface area contributed by atoms with Gasteiger partial charge in [-0.2, -0.15) is 0 Å². The summed E-state index contributed by atoms with van der Waals surface area (Å²) in [5.41, 5.74) is -7.39. The summed E-state index contributed by atoms with van der Waals surface area (Å²) in [4.78, 5) is 66.7. The summed E-state index contributed by atoms with van der Waals surface area (Å²) in [7, 11) is 0. The lowest BCUT2D eigenvalue weighted by molar-refractivity contribution is -0.345. The van der Waals surface area contributed by atoms with Crippen LogP contribution in [0.1, 0.15) is 120 Å². The highest BCUT2D eigenvalue weighted by molar-refractivity contribution is 5.93. The molecule has 1 aliphatic heterocycles. The van der Waals surface area contributed by atoms with Crippen LogP contribution in [0.4, 0.5) is 0 Å². The summed E-state index contributed by atoms with van der Waals surface area (Å²) in [6.45, 7) is 11.6. The number of allylic oxidation sites excluding steroid dienone is 12. The third-order valence-electron chi connectivity index (χ3n) is 13.4. The molecule has 0 radical (unpaired) electrons. The maximum absolute atomic E-state index is 14.5. The Hall–Kier alpha value is -4.47. The molecular weight excluding hydrogens is 823 g/mol. The van der Waals surface area contributed by atoms with Gasteiger partial charge in [-0.25, -0.2) is 4.79 Å². The highest BCUT2D eigenvalue weighted by Gasteiger charge is 2.76. The Morgan fingerprint density at radius 3 is 1.86 bits per heavy atom. The van der Waals surface area contributed by atoms with Gasteiger partial charge in [-0.3, -0.25) is 19.2 Å². The molecule has 5 N–H and O–H groups in total. The Balaban J connectivity index is 1.44. The fourth-order valence-corrected chi connectivity index (χ4v) is 9.80. The largest absolute Gasteiger partial charge is 0.459 e. The second-order valence-corrected chi connectivity index (χ2v) is 18.2. The van der Waals surface area contributed by atoms with Crippen molar-refractivity contribution in [3.8, 4) is 0 Å². The molecule has 14 nitrogen and oxygen atoms in total. The number of ether oxygens (including phenoxy) is 4. The fraction of sp³-hybridized carbons (Fsp3) is 0.620. The Labute approximate surface area is 378 Å². The predicted octanol–water partition coefficient (Wildman–Crippen LogP) is 5.68. The number of nitrogens with one attached hydrogen (secondary N) is 1. The van der Waals surface area contributed by atoms with Gasteiger partial charge < -0.3 is 44.7 Å². The smallest absolute Gasteiger partial charge is 0.350 e. The summed E-state index contributed by atoms with van der Waals surface area (Å²) in [6, 6.07) is -1.06. The Morgan fingerprint density at radius 1 is 0.844 bits per heavy atom. The number of carbonyl (C=O) groups is 5. The van der Waals surface area contributed by atoms with Crippen LogP contribution in [0.15, 0.2) is 84.1 Å². The molecule has 1 saturated heterocycles. The first-order valence-electron chi connectivity index (χ1n) is 22.6. The second kappa shape index (κ2) is 22.6. The van der Waals surface area contributed by atoms with Crippen LogP contribution in [-0.4, -0.2) is 110 Å². The van der Waals surface area contributed by atoms with Crippen LogP contribution in [0.25, 0.3) is 0 Å². The number of carbonyl (C=O) groups excluding carboxylic acids is 5. The number of hydrogen-bond donors (Lipinski definition) is 5. The molecule has 64 heavy (non-hydrogen) atoms. The van der Waals surface area contributed by atoms with Gasteiger partial charge in [0.25, 0.3) is 0 Å². The number of fused-ring (bicyclic) bond motifs is 5. The Morgan fingerprint density at radius 2 is 1.38 bits per heavy atom. The SMILES string of the molecule is CC/C=C\C/C=C\C/C=C\C/C=C\C/C=C\C/C=C\CCC(=O)O[C@@H](C(=O)O[C@H]1C[C@@]2(O)[C@@H](OC(C)=O)[C@@H]3[C@]4(O)CO[C@@H]4C[C@H](O)[C@@]3(C)C(=O)[C@H](O)C(=C1C)C2(C)C)[C@H](C)NC(C)=O. The van der Waals surface area contributed by atoms with Gasteiger partial charge >= 0.3 is 17.9 Å². The van der Waals surface area contributed by atoms with Crippen molar-refractivity contribution in [1.82, 2.24) is 5.32 Å². The second-order valence-electron chi connectivity index (χ2n) is 18.2. The van der Waals surface area contributed by atoms with E-state index in [1.165, 1.54) is 27.7 Å². The molecule has 3 fully saturated rings. The molecule has 0 aromatic heterocycles. The van der Waals surface area contributed by atoms with Crippen molar-refractivity contribution < 1.29 is 63.3 Å². The van der Waals surface area contributed by atoms with Crippen LogP contribution >= 0.6 is 0 Å². The predicted molar refractivity (Wildman–Crippen MR) is 240 cm³/mol. The topological polar surface area (TPSA) is 215 Å². The van der Waals surface area contributed by atoms with E-state index in [9.17, 15) is 44.4 Å². The highest BCUT2D eigenvalue weighted by atomic mass is 16.6. The summed E-state index contributed by atoms with van der Waals surface area (Å²) in [5.74, 6) is -5.53. The van der Waals surface area contributed by atoms with Gasteiger partial charge in [-0.05, 0) is 76.9 Å². The first-order valence-corrected chi connectivity index (χ1v) is 22.6. The van der Waals surface area contributed by atoms with E-state index >= 15 is 0 Å². The average molecular weight is 894 g/mol. The van der Waals surface area contributed by atoms with E-state index in [1.807, 2.05) is 18.2 Å². The molecular formula is C50H71NO13. The van der Waals surface area contributed by atoms with E-state index < -0.39 is 107 Å². The van der Waals surface area contributed by atoms with Crippen molar-refractivity contribution in [2.75, 3.05) is 6.61 Å². The molecule has 1 amide bonds. The zero-order chi connectivity index (χ0) is 47.5. The number of aliphatic hydroxyl groups excluding tert-OH is 2. The van der Waals surface area contributed by atoms with Crippen LogP contribution in [-0.2, 0) is 42.9 Å². The molecule has 4 rings (SSSR count). The quantitative estimate of drug-likeness (QED) is 0.0566. The lowest BCUT2D eigenvalue weighted by Crippen LogP contribution is -2.81. The van der Waals surface area contributed by atoms with E-state index in [0.29, 0.717) is 12.8 Å². The van der Waals surface area contributed by atoms with E-state index in [-0.39, 0.29) is 30.6 Å². The number of Topliss-reactive ketones (excluding diaryl/α,β-unsaturated/α-hetero) is 1. The molecule has 3 aliphatic carbocycles. The molecule has 11 atom stereocenters. The standard InChI is InChI=1S/C50H71NO13/c1-9-10-11-12-13-14-15-16-17-18-19-20-21-22-23-24-25-26-27-28-39(55)64-42(33(3)51-34(4)52)46(58)63-36-30-50(60)45(62-35(5)53)43-48(8,37(54)29-38-49(43,59)31-61-38)44(57)41(56)40(32(36)2)47(50,6)7/h10-11,13-14,16-17,19-20,22-23,25-26,33,36-38,41-43,45,54,56,59-60H,9,12,15,18,21,24,27-31H2,1-8H3,(H,51,52)/b11-10-,14-13-,17-16-,20-19-,23-22-,26-25-/t33-,36-,37-,38+,41+,42+,43-,45-,48+,49-,50+/m0/s1. The number of amides is 1. The van der Waals surface area contributed by atoms with Gasteiger partial charge in [-0.1, -0.05) is 93.7 Å². The Bertz CT molecular complexity index is 1910. The third-order valence-corrected chi connectivity index (χ3v) is 13.4. The van der Waals surface area contributed by atoms with Crippen molar-refractivity contribution in [2.45, 2.75) is 173 Å². The number of hydrogen-bond acceptors (Lipinski definition) is 13. The molecule has 0 aromatic rings. The minimum absolute atomic E-state index is 0.0214. The average Bonchev–Trinajstić information content (AvgIpc) is 3.22. The van der Waals surface area contributed by atoms with Crippen LogP contribution in [0.2, 0.25) is 0 Å². The van der Waals surface area contributed by atoms with Gasteiger partial charge in [-0.15, -0.1) is 0 Å². The highest BCUT2D eigenvalue weighted by Crippen LogP contribution is 2.63. The minimum Gasteiger partial charge on any atom is -0.459 e. The van der Waals surface area contributed by atoms with Crippen LogP contribution in [0.3, 0.4) is 0 Å². The van der Waals surface area contributed by atoms with Crippen LogP contribution in [0, 0.1) is 16.7 Å². The van der Waals surface area contributed by atoms with Crippen molar-refractivity contribution in [2.24, 2.45) is 16.7 Å². The molecule has 14 heteroatoms. The van der Waals surface area contributed by atoms with E-state index in [2.05, 4.69) is 66.9 Å². The maximum atomic E-state index is 14.5. The van der Waals surface area contributed by atoms with Gasteiger partial charge in [0.05, 0.1) is 30.3 Å². The summed E-state index contributed by atoms with van der Waals surface area (Å²) in [6.07, 6.45) is 20.8. The van der Waals surface area contributed by atoms with Gasteiger partial charge in [0.1, 0.15) is 29.5 Å². The van der Waals surface area contributed by atoms with Gasteiger partial charge in [0.2, 0.25) is 12.0 Å². The summed E-state index contributed by atoms with van der Waals surface area (Å²) < 4.78 is 23.1. The molecule has 0 unspecified atom stereocenters. The monoisotopic (exact) mass is 893 g/mol. The molecule has 2 bridgehead atoms. The molecule has 4 aliphatic rings. The number of ketones is 1. The van der Waals surface area contributed by atoms with Gasteiger partial charge in [0.15, 0.2) is 5.78 Å². The molecule has 0 aromatic carbocycles. The molecule has 2 saturated carbocycles. The van der Waals surface area contributed by atoms with Crippen LogP contribution in [0.5, 0.6) is 0 Å². The molecule has 354 valence electrons. The lowest BCUT2D eigenvalue weighted by Gasteiger charge is -2.66. The lowest BCUT2D eigenvalue weighted by atomic mass is 9.45. The van der Waals surface area contributed by atoms with E-state index in [1.54, 1.807) is 13.8 Å². The third kappa shape index (κ3) is 11.5. The first-order chi connectivity index (χ1) is 30.2. The van der Waals surface area contributed by atoms with Gasteiger partial charge in [0, 0.05) is 44.4 Å². The van der Waals surface area contributed by atoms with Crippen LogP contribution < -0.4 is 5.32 Å². The molecule has 0 spiro atoms. The first kappa shape index (κ1) is 52.2. The van der Waals surface area contributed by atoms with Crippen molar-refractivity contribution in [3.05, 3.63) is 84.1 Å². The zero-order valence-corrected chi connectivity index (χ0v) is 38.8. The van der Waals surface area contributed by atoms with E-state index in [0.717, 1.165) is 39.0 Å². The fourth-order valence-electron chi connectivity index (χ4n) is 9.80. The zero-order valence-electron chi connectivity index (χ0n) is 38.8. The van der Waals surface area contributed by atoms with E-state index in [4.69, 9.17) is 18.9 Å². The summed E-state index contributed by atoms with van der Waals surface area (Å²) >= 11 is 0. The Kier molecular flexibility index (Phi) is 18.4. The van der Waals surface area contributed by atoms with Crippen molar-refractivity contribution in [3.63, 3.8) is 0 Å². The van der Waals surface area contributed by atoms with Crippen molar-refractivity contribution >= 4 is 29.6 Å². The minimum atomic E-state index is -2.24. The number of esters is 3. The molecule has 1 heterocycles. The number of rotatable bonds is 20. The number of aliphatic hydroxyl groups is 4. The van der Waals surface area contributed by atoms with Crippen molar-refractivity contribution in [1.29, 1.82) is 0 Å². The summed E-state index contributed by atoms with van der Waals surface area (Å²) in [5, 5.41) is 51.1. The maximum Gasteiger partial charge on any atom is 0.350 e.